The molecular formula is C13H17FN2O5. The molecule has 0 aliphatic carbocycles. The summed E-state index contributed by atoms with van der Waals surface area (Å²) in [5, 5.41) is 32.4. The number of aliphatic hydroxyl groups is 1. The van der Waals surface area contributed by atoms with Gasteiger partial charge in [-0.05, 0) is 33.8 Å². The van der Waals surface area contributed by atoms with Gasteiger partial charge in [-0.3, -0.25) is 10.1 Å². The molecule has 0 radical (unpaired) electrons. The second-order valence-electron chi connectivity index (χ2n) is 5.72. The van der Waals surface area contributed by atoms with Crippen molar-refractivity contribution in [2.24, 2.45) is 0 Å². The van der Waals surface area contributed by atoms with Crippen molar-refractivity contribution >= 4 is 17.3 Å². The first-order valence-corrected chi connectivity index (χ1v) is 6.08. The minimum atomic E-state index is -1.54. The number of nitrogens with one attached hydrogen (secondary N) is 1. The number of hydrogen-bond acceptors (Lipinski definition) is 5. The van der Waals surface area contributed by atoms with Crippen LogP contribution in [0.15, 0.2) is 12.1 Å². The molecule has 0 spiro atoms. The summed E-state index contributed by atoms with van der Waals surface area (Å²) in [7, 11) is 0. The van der Waals surface area contributed by atoms with Crippen molar-refractivity contribution in [3.05, 3.63) is 33.6 Å². The van der Waals surface area contributed by atoms with E-state index in [1.54, 1.807) is 13.8 Å². The first-order valence-electron chi connectivity index (χ1n) is 6.08. The molecule has 3 N–H and O–H groups in total. The number of halogens is 1. The SMILES string of the molecule is CC(C)(O)C(C)(C)Nc1cc(C(=O)O)c([N+](=O)[O-])cc1F. The Morgan fingerprint density at radius 2 is 1.86 bits per heavy atom. The summed E-state index contributed by atoms with van der Waals surface area (Å²) < 4.78 is 13.9. The van der Waals surface area contributed by atoms with Crippen molar-refractivity contribution in [1.82, 2.24) is 0 Å². The van der Waals surface area contributed by atoms with Crippen LogP contribution < -0.4 is 5.32 Å². The van der Waals surface area contributed by atoms with Gasteiger partial charge in [0.25, 0.3) is 5.69 Å². The lowest BCUT2D eigenvalue weighted by Gasteiger charge is -2.39. The monoisotopic (exact) mass is 300 g/mol. The van der Waals surface area contributed by atoms with Gasteiger partial charge in [-0.2, -0.15) is 0 Å². The molecule has 0 fully saturated rings. The zero-order chi connectivity index (χ0) is 16.6. The third-order valence-electron chi connectivity index (χ3n) is 3.49. The topological polar surface area (TPSA) is 113 Å². The van der Waals surface area contributed by atoms with Crippen LogP contribution in [0, 0.1) is 15.9 Å². The van der Waals surface area contributed by atoms with Gasteiger partial charge in [0.05, 0.1) is 27.8 Å². The average Bonchev–Trinajstić information content (AvgIpc) is 2.28. The van der Waals surface area contributed by atoms with E-state index < -0.39 is 39.1 Å². The van der Waals surface area contributed by atoms with Gasteiger partial charge in [0.15, 0.2) is 5.82 Å². The number of carboxylic acid groups (broad SMARTS) is 1. The van der Waals surface area contributed by atoms with Gasteiger partial charge in [0.2, 0.25) is 0 Å². The molecule has 0 unspecified atom stereocenters. The van der Waals surface area contributed by atoms with E-state index in [4.69, 9.17) is 5.11 Å². The number of aromatic carboxylic acids is 1. The predicted molar refractivity (Wildman–Crippen MR) is 74.0 cm³/mol. The molecule has 1 rings (SSSR count). The molecule has 0 bridgehead atoms. The zero-order valence-electron chi connectivity index (χ0n) is 12.1. The summed E-state index contributed by atoms with van der Waals surface area (Å²) in [6.45, 7) is 6.19. The molecule has 116 valence electrons. The first kappa shape index (κ1) is 16.8. The number of carbonyl (C=O) groups is 1. The van der Waals surface area contributed by atoms with Crippen LogP contribution in [0.2, 0.25) is 0 Å². The molecule has 1 aromatic rings. The predicted octanol–water partition coefficient (Wildman–Crippen LogP) is 2.39. The third kappa shape index (κ3) is 3.46. The second-order valence-corrected chi connectivity index (χ2v) is 5.72. The van der Waals surface area contributed by atoms with Crippen LogP contribution in [-0.2, 0) is 0 Å². The minimum absolute atomic E-state index is 0.231. The summed E-state index contributed by atoms with van der Waals surface area (Å²) >= 11 is 0. The van der Waals surface area contributed by atoms with Crippen molar-refractivity contribution in [2.45, 2.75) is 38.8 Å². The fourth-order valence-electron chi connectivity index (χ4n) is 1.47. The summed E-state index contributed by atoms with van der Waals surface area (Å²) in [6.07, 6.45) is 0. The Hall–Kier alpha value is -2.22. The second kappa shape index (κ2) is 5.28. The molecule has 1 aromatic carbocycles. The quantitative estimate of drug-likeness (QED) is 0.568. The maximum absolute atomic E-state index is 13.9. The molecule has 0 atom stereocenters. The lowest BCUT2D eigenvalue weighted by atomic mass is 9.85. The van der Waals surface area contributed by atoms with E-state index in [0.29, 0.717) is 6.07 Å². The molecule has 7 nitrogen and oxygen atoms in total. The van der Waals surface area contributed by atoms with Crippen LogP contribution >= 0.6 is 0 Å². The normalized spacial score (nSPS) is 12.1. The van der Waals surface area contributed by atoms with Crippen LogP contribution in [0.1, 0.15) is 38.1 Å². The molecule has 0 saturated carbocycles. The Balaban J connectivity index is 3.37. The molecule has 0 aliphatic rings. The summed E-state index contributed by atoms with van der Waals surface area (Å²) in [5.74, 6) is -2.50. The Morgan fingerprint density at radius 1 is 1.33 bits per heavy atom. The first-order chi connectivity index (χ1) is 9.36. The van der Waals surface area contributed by atoms with Crippen molar-refractivity contribution in [3.8, 4) is 0 Å². The third-order valence-corrected chi connectivity index (χ3v) is 3.49. The highest BCUT2D eigenvalue weighted by Crippen LogP contribution is 2.31. The number of benzene rings is 1. The number of anilines is 1. The largest absolute Gasteiger partial charge is 0.477 e. The number of nitro benzene ring substituents is 1. The lowest BCUT2D eigenvalue weighted by Crippen LogP contribution is -2.51. The number of nitrogens with zero attached hydrogens (tertiary/aromatic N) is 1. The summed E-state index contributed by atoms with van der Waals surface area (Å²) in [6, 6.07) is 1.40. The van der Waals surface area contributed by atoms with Crippen LogP contribution in [0.5, 0.6) is 0 Å². The Bertz CT molecular complexity index is 593. The number of carboxylic acids is 1. The van der Waals surface area contributed by atoms with Crippen LogP contribution in [-0.4, -0.2) is 32.2 Å². The van der Waals surface area contributed by atoms with Crippen molar-refractivity contribution in [1.29, 1.82) is 0 Å². The molecule has 0 heterocycles. The van der Waals surface area contributed by atoms with Gasteiger partial charge in [0.1, 0.15) is 5.56 Å². The molecule has 21 heavy (non-hydrogen) atoms. The van der Waals surface area contributed by atoms with Crippen molar-refractivity contribution < 1.29 is 24.3 Å². The van der Waals surface area contributed by atoms with E-state index in [-0.39, 0.29) is 5.69 Å². The average molecular weight is 300 g/mol. The van der Waals surface area contributed by atoms with Gasteiger partial charge < -0.3 is 15.5 Å². The van der Waals surface area contributed by atoms with Gasteiger partial charge in [-0.1, -0.05) is 0 Å². The van der Waals surface area contributed by atoms with Crippen molar-refractivity contribution in [2.75, 3.05) is 5.32 Å². The standard InChI is InChI=1S/C13H17FN2O5/c1-12(2,13(3,4)19)15-9-5-7(11(17)18)10(16(20)21)6-8(9)14/h5-6,15,19H,1-4H3,(H,17,18). The molecular weight excluding hydrogens is 283 g/mol. The number of hydrogen-bond donors (Lipinski definition) is 3. The number of rotatable bonds is 5. The maximum Gasteiger partial charge on any atom is 0.342 e. The highest BCUT2D eigenvalue weighted by molar-refractivity contribution is 5.93. The zero-order valence-corrected chi connectivity index (χ0v) is 12.1. The maximum atomic E-state index is 13.9. The molecule has 0 amide bonds. The van der Waals surface area contributed by atoms with Crippen molar-refractivity contribution in [3.63, 3.8) is 0 Å². The summed E-state index contributed by atoms with van der Waals surface area (Å²) in [4.78, 5) is 20.8. The highest BCUT2D eigenvalue weighted by Gasteiger charge is 2.36. The molecule has 0 saturated heterocycles. The Labute approximate surface area is 120 Å². The van der Waals surface area contributed by atoms with Gasteiger partial charge in [-0.15, -0.1) is 0 Å². The minimum Gasteiger partial charge on any atom is -0.477 e. The Kier molecular flexibility index (Phi) is 4.24. The molecule has 8 heteroatoms. The van der Waals surface area contributed by atoms with E-state index in [0.717, 1.165) is 6.07 Å². The number of nitro groups is 1. The van der Waals surface area contributed by atoms with Gasteiger partial charge in [-0.25, -0.2) is 9.18 Å². The van der Waals surface area contributed by atoms with E-state index >= 15 is 0 Å². The molecule has 0 aromatic heterocycles. The Morgan fingerprint density at radius 3 is 2.24 bits per heavy atom. The molecule has 0 aliphatic heterocycles. The van der Waals surface area contributed by atoms with Gasteiger partial charge >= 0.3 is 5.97 Å². The summed E-state index contributed by atoms with van der Waals surface area (Å²) in [5.41, 5.74) is -3.93. The highest BCUT2D eigenvalue weighted by atomic mass is 19.1. The lowest BCUT2D eigenvalue weighted by molar-refractivity contribution is -0.385. The van der Waals surface area contributed by atoms with E-state index in [1.165, 1.54) is 13.8 Å². The fourth-order valence-corrected chi connectivity index (χ4v) is 1.47. The smallest absolute Gasteiger partial charge is 0.342 e. The van der Waals surface area contributed by atoms with E-state index in [1.807, 2.05) is 0 Å². The fraction of sp³-hybridized carbons (Fsp3) is 0.462. The van der Waals surface area contributed by atoms with E-state index in [9.17, 15) is 24.4 Å². The van der Waals surface area contributed by atoms with Gasteiger partial charge in [0, 0.05) is 0 Å². The van der Waals surface area contributed by atoms with Crippen LogP contribution in [0.4, 0.5) is 15.8 Å². The van der Waals surface area contributed by atoms with Crippen LogP contribution in [0.25, 0.3) is 0 Å². The van der Waals surface area contributed by atoms with Crippen LogP contribution in [0.3, 0.4) is 0 Å². The van der Waals surface area contributed by atoms with E-state index in [2.05, 4.69) is 5.32 Å².